The fourth-order valence-electron chi connectivity index (χ4n) is 1.64. The highest BCUT2D eigenvalue weighted by Crippen LogP contribution is 2.27. The van der Waals surface area contributed by atoms with Crippen molar-refractivity contribution in [1.29, 1.82) is 0 Å². The van der Waals surface area contributed by atoms with Crippen LogP contribution in [-0.2, 0) is 6.42 Å². The van der Waals surface area contributed by atoms with E-state index in [1.54, 1.807) is 13.1 Å². The van der Waals surface area contributed by atoms with Crippen LogP contribution in [0.15, 0.2) is 22.9 Å². The molecule has 2 aromatic rings. The molecule has 0 saturated heterocycles. The SMILES string of the molecule is CNC(C)Cc1noc(-c2cccnc2OCC(F)(F)F)n1. The van der Waals surface area contributed by atoms with Crippen LogP contribution in [-0.4, -0.2) is 41.0 Å². The van der Waals surface area contributed by atoms with Crippen molar-refractivity contribution in [2.45, 2.75) is 25.6 Å². The molecule has 0 aliphatic heterocycles. The van der Waals surface area contributed by atoms with Gasteiger partial charge in [-0.15, -0.1) is 0 Å². The van der Waals surface area contributed by atoms with Gasteiger partial charge in [0.1, 0.15) is 5.56 Å². The maximum Gasteiger partial charge on any atom is 0.422 e. The maximum absolute atomic E-state index is 12.3. The molecule has 120 valence electrons. The molecule has 22 heavy (non-hydrogen) atoms. The molecule has 9 heteroatoms. The zero-order chi connectivity index (χ0) is 16.2. The molecule has 6 nitrogen and oxygen atoms in total. The van der Waals surface area contributed by atoms with Gasteiger partial charge >= 0.3 is 6.18 Å². The molecule has 0 fully saturated rings. The van der Waals surface area contributed by atoms with Crippen molar-refractivity contribution in [3.05, 3.63) is 24.2 Å². The third-order valence-corrected chi connectivity index (χ3v) is 2.82. The van der Waals surface area contributed by atoms with Crippen LogP contribution in [0.1, 0.15) is 12.7 Å². The van der Waals surface area contributed by atoms with Crippen molar-refractivity contribution in [3.63, 3.8) is 0 Å². The number of rotatable bonds is 6. The molecule has 1 atom stereocenters. The Hall–Kier alpha value is -2.16. The Morgan fingerprint density at radius 1 is 1.41 bits per heavy atom. The second-order valence-electron chi connectivity index (χ2n) is 4.67. The minimum atomic E-state index is -4.45. The number of nitrogens with zero attached hydrogens (tertiary/aromatic N) is 3. The molecular formula is C13H15F3N4O2. The Kier molecular flexibility index (Phi) is 4.96. The number of pyridine rings is 1. The highest BCUT2D eigenvalue weighted by Gasteiger charge is 2.29. The minimum Gasteiger partial charge on any atom is -0.467 e. The van der Waals surface area contributed by atoms with Crippen LogP contribution >= 0.6 is 0 Å². The number of alkyl halides is 3. The first-order chi connectivity index (χ1) is 10.4. The average molecular weight is 316 g/mol. The molecule has 0 aliphatic rings. The summed E-state index contributed by atoms with van der Waals surface area (Å²) in [5.74, 6) is 0.322. The van der Waals surface area contributed by atoms with Gasteiger partial charge in [-0.1, -0.05) is 5.16 Å². The quantitative estimate of drug-likeness (QED) is 0.881. The number of nitrogens with one attached hydrogen (secondary N) is 1. The summed E-state index contributed by atoms with van der Waals surface area (Å²) in [5.41, 5.74) is 0.225. The van der Waals surface area contributed by atoms with Crippen LogP contribution in [0.2, 0.25) is 0 Å². The molecule has 0 spiro atoms. The fourth-order valence-corrected chi connectivity index (χ4v) is 1.64. The molecule has 0 radical (unpaired) electrons. The van der Waals surface area contributed by atoms with E-state index in [-0.39, 0.29) is 23.4 Å². The van der Waals surface area contributed by atoms with E-state index >= 15 is 0 Å². The van der Waals surface area contributed by atoms with Crippen molar-refractivity contribution in [3.8, 4) is 17.3 Å². The van der Waals surface area contributed by atoms with Gasteiger partial charge < -0.3 is 14.6 Å². The third-order valence-electron chi connectivity index (χ3n) is 2.82. The normalized spacial score (nSPS) is 13.1. The largest absolute Gasteiger partial charge is 0.467 e. The van der Waals surface area contributed by atoms with Crippen LogP contribution in [0.5, 0.6) is 5.88 Å². The van der Waals surface area contributed by atoms with Gasteiger partial charge in [0.25, 0.3) is 5.89 Å². The Bertz CT molecular complexity index is 615. The molecule has 2 heterocycles. The van der Waals surface area contributed by atoms with Gasteiger partial charge in [-0.25, -0.2) is 4.98 Å². The van der Waals surface area contributed by atoms with Crippen molar-refractivity contribution in [2.75, 3.05) is 13.7 Å². The third kappa shape index (κ3) is 4.42. The summed E-state index contributed by atoms with van der Waals surface area (Å²) >= 11 is 0. The van der Waals surface area contributed by atoms with Crippen LogP contribution in [0.25, 0.3) is 11.5 Å². The lowest BCUT2D eigenvalue weighted by atomic mass is 10.2. The smallest absolute Gasteiger partial charge is 0.422 e. The van der Waals surface area contributed by atoms with E-state index in [9.17, 15) is 13.2 Å². The van der Waals surface area contributed by atoms with Crippen LogP contribution in [0, 0.1) is 0 Å². The molecule has 1 N–H and O–H groups in total. The van der Waals surface area contributed by atoms with Gasteiger partial charge in [-0.3, -0.25) is 0 Å². The summed E-state index contributed by atoms with van der Waals surface area (Å²) in [4.78, 5) is 7.94. The monoisotopic (exact) mass is 316 g/mol. The summed E-state index contributed by atoms with van der Waals surface area (Å²) in [6, 6.07) is 3.20. The molecule has 0 aromatic carbocycles. The molecule has 1 unspecified atom stereocenters. The van der Waals surface area contributed by atoms with Gasteiger partial charge in [0.2, 0.25) is 5.88 Å². The topological polar surface area (TPSA) is 73.1 Å². The standard InChI is InChI=1S/C13H15F3N4O2/c1-8(17-2)6-10-19-12(22-20-10)9-4-3-5-18-11(9)21-7-13(14,15)16/h3-5,8,17H,6-7H2,1-2H3. The predicted molar refractivity (Wildman–Crippen MR) is 71.3 cm³/mol. The number of ether oxygens (including phenoxy) is 1. The van der Waals surface area contributed by atoms with Gasteiger partial charge in [0, 0.05) is 18.7 Å². The minimum absolute atomic E-state index is 0.0728. The van der Waals surface area contributed by atoms with E-state index < -0.39 is 12.8 Å². The number of likely N-dealkylation sites (N-methyl/N-ethyl adjacent to an activating group) is 1. The summed E-state index contributed by atoms with van der Waals surface area (Å²) in [6.07, 6.45) is -2.59. The lowest BCUT2D eigenvalue weighted by Crippen LogP contribution is -2.24. The van der Waals surface area contributed by atoms with E-state index in [1.807, 2.05) is 6.92 Å². The second kappa shape index (κ2) is 6.73. The van der Waals surface area contributed by atoms with Crippen LogP contribution in [0.4, 0.5) is 13.2 Å². The van der Waals surface area contributed by atoms with Crippen molar-refractivity contribution < 1.29 is 22.4 Å². The molecule has 0 saturated carbocycles. The van der Waals surface area contributed by atoms with E-state index in [2.05, 4.69) is 20.4 Å². The highest BCUT2D eigenvalue weighted by atomic mass is 19.4. The van der Waals surface area contributed by atoms with E-state index in [0.29, 0.717) is 12.2 Å². The Morgan fingerprint density at radius 3 is 2.86 bits per heavy atom. The Labute approximate surface area is 124 Å². The number of aromatic nitrogens is 3. The zero-order valence-corrected chi connectivity index (χ0v) is 12.0. The van der Waals surface area contributed by atoms with E-state index in [4.69, 9.17) is 9.26 Å². The summed E-state index contributed by atoms with van der Waals surface area (Å²) in [6.45, 7) is 0.507. The molecular weight excluding hydrogens is 301 g/mol. The van der Waals surface area contributed by atoms with E-state index in [1.165, 1.54) is 12.3 Å². The van der Waals surface area contributed by atoms with Crippen LogP contribution in [0.3, 0.4) is 0 Å². The first kappa shape index (κ1) is 16.2. The first-order valence-corrected chi connectivity index (χ1v) is 6.54. The van der Waals surface area contributed by atoms with Crippen molar-refractivity contribution >= 4 is 0 Å². The number of halogens is 3. The molecule has 0 aliphatic carbocycles. The van der Waals surface area contributed by atoms with Gasteiger partial charge in [0.05, 0.1) is 0 Å². The van der Waals surface area contributed by atoms with Gasteiger partial charge in [0.15, 0.2) is 12.4 Å². The summed E-state index contributed by atoms with van der Waals surface area (Å²) < 4.78 is 46.5. The maximum atomic E-state index is 12.3. The van der Waals surface area contributed by atoms with Crippen LogP contribution < -0.4 is 10.1 Å². The van der Waals surface area contributed by atoms with E-state index in [0.717, 1.165) is 0 Å². The van der Waals surface area contributed by atoms with Gasteiger partial charge in [-0.05, 0) is 26.1 Å². The summed E-state index contributed by atoms with van der Waals surface area (Å²) in [5, 5.41) is 6.83. The zero-order valence-electron chi connectivity index (χ0n) is 12.0. The highest BCUT2D eigenvalue weighted by molar-refractivity contribution is 5.59. The molecule has 0 amide bonds. The van der Waals surface area contributed by atoms with Crippen molar-refractivity contribution in [2.24, 2.45) is 0 Å². The van der Waals surface area contributed by atoms with Gasteiger partial charge in [-0.2, -0.15) is 18.2 Å². The second-order valence-corrected chi connectivity index (χ2v) is 4.67. The lowest BCUT2D eigenvalue weighted by Gasteiger charge is -2.09. The van der Waals surface area contributed by atoms with Crippen molar-refractivity contribution in [1.82, 2.24) is 20.4 Å². The number of hydrogen-bond donors (Lipinski definition) is 1. The molecule has 2 aromatic heterocycles. The lowest BCUT2D eigenvalue weighted by molar-refractivity contribution is -0.154. The number of hydrogen-bond acceptors (Lipinski definition) is 6. The summed E-state index contributed by atoms with van der Waals surface area (Å²) in [7, 11) is 1.80. The average Bonchev–Trinajstić information content (AvgIpc) is 2.93. The molecule has 2 rings (SSSR count). The first-order valence-electron chi connectivity index (χ1n) is 6.54. The molecule has 0 bridgehead atoms. The predicted octanol–water partition coefficient (Wildman–Crippen LogP) is 2.22. The Morgan fingerprint density at radius 2 is 2.18 bits per heavy atom. The fraction of sp³-hybridized carbons (Fsp3) is 0.462. The Balaban J connectivity index is 2.18.